The Kier molecular flexibility index (Phi) is 5.71. The average molecular weight is 395 g/mol. The minimum atomic E-state index is -0.226. The monoisotopic (exact) mass is 395 g/mol. The van der Waals surface area contributed by atoms with Gasteiger partial charge in [-0.1, -0.05) is 23.8 Å². The van der Waals surface area contributed by atoms with Gasteiger partial charge in [-0.05, 0) is 19.9 Å². The minimum Gasteiger partial charge on any atom is -0.466 e. The van der Waals surface area contributed by atoms with Crippen LogP contribution in [-0.4, -0.2) is 58.4 Å². The zero-order valence-electron chi connectivity index (χ0n) is 16.8. The molecule has 0 bridgehead atoms. The van der Waals surface area contributed by atoms with Crippen molar-refractivity contribution in [3.05, 3.63) is 36.2 Å². The van der Waals surface area contributed by atoms with E-state index in [1.54, 1.807) is 13.3 Å². The first-order chi connectivity index (χ1) is 14.2. The van der Waals surface area contributed by atoms with Gasteiger partial charge in [0.1, 0.15) is 11.2 Å². The standard InChI is InChI=1S/C21H25N5O3/c1-3-29-17(27)7-8-26-14-22-19-18(16-6-4-5-15(2)13-16)23-21(24-20(19)26)25-9-11-28-12-10-25/h4-6,13-14H,3,7-12H2,1-2H3. The molecule has 8 heteroatoms. The molecule has 0 spiro atoms. The van der Waals surface area contributed by atoms with E-state index in [1.807, 2.05) is 16.7 Å². The Hall–Kier alpha value is -3.00. The van der Waals surface area contributed by atoms with Crippen molar-refractivity contribution in [2.45, 2.75) is 26.8 Å². The Balaban J connectivity index is 1.77. The van der Waals surface area contributed by atoms with Crippen LogP contribution < -0.4 is 4.90 Å². The number of fused-ring (bicyclic) bond motifs is 1. The van der Waals surface area contributed by atoms with Gasteiger partial charge in [-0.25, -0.2) is 9.97 Å². The largest absolute Gasteiger partial charge is 0.466 e. The molecule has 0 saturated carbocycles. The van der Waals surface area contributed by atoms with Crippen LogP contribution in [0.3, 0.4) is 0 Å². The summed E-state index contributed by atoms with van der Waals surface area (Å²) in [5, 5.41) is 0. The first kappa shape index (κ1) is 19.3. The molecule has 0 N–H and O–H groups in total. The predicted molar refractivity (Wildman–Crippen MR) is 110 cm³/mol. The number of ether oxygens (including phenoxy) is 2. The van der Waals surface area contributed by atoms with Gasteiger partial charge in [-0.15, -0.1) is 0 Å². The predicted octanol–water partition coefficient (Wildman–Crippen LogP) is 2.59. The highest BCUT2D eigenvalue weighted by Gasteiger charge is 2.20. The molecule has 29 heavy (non-hydrogen) atoms. The lowest BCUT2D eigenvalue weighted by molar-refractivity contribution is -0.143. The summed E-state index contributed by atoms with van der Waals surface area (Å²) >= 11 is 0. The second kappa shape index (κ2) is 8.57. The first-order valence-corrected chi connectivity index (χ1v) is 9.94. The van der Waals surface area contributed by atoms with E-state index in [0.717, 1.165) is 41.1 Å². The summed E-state index contributed by atoms with van der Waals surface area (Å²) in [4.78, 5) is 28.2. The summed E-state index contributed by atoms with van der Waals surface area (Å²) in [6, 6.07) is 8.21. The average Bonchev–Trinajstić information content (AvgIpc) is 3.15. The second-order valence-corrected chi connectivity index (χ2v) is 7.01. The third kappa shape index (κ3) is 4.22. The number of hydrogen-bond donors (Lipinski definition) is 0. The number of aromatic nitrogens is 4. The highest BCUT2D eigenvalue weighted by atomic mass is 16.5. The van der Waals surface area contributed by atoms with Crippen LogP contribution >= 0.6 is 0 Å². The van der Waals surface area contributed by atoms with Crippen LogP contribution in [-0.2, 0) is 20.8 Å². The van der Waals surface area contributed by atoms with E-state index in [-0.39, 0.29) is 12.4 Å². The Morgan fingerprint density at radius 1 is 1.24 bits per heavy atom. The number of esters is 1. The van der Waals surface area contributed by atoms with Gasteiger partial charge in [0.05, 0.1) is 32.6 Å². The molecule has 3 aromatic rings. The number of benzene rings is 1. The van der Waals surface area contributed by atoms with Crippen molar-refractivity contribution in [2.24, 2.45) is 0 Å². The maximum Gasteiger partial charge on any atom is 0.307 e. The highest BCUT2D eigenvalue weighted by molar-refractivity contribution is 5.88. The molecule has 0 radical (unpaired) electrons. The molecular formula is C21H25N5O3. The quantitative estimate of drug-likeness (QED) is 0.593. The number of carbonyl (C=O) groups excluding carboxylic acids is 1. The normalized spacial score (nSPS) is 14.3. The van der Waals surface area contributed by atoms with Crippen LogP contribution in [0.15, 0.2) is 30.6 Å². The van der Waals surface area contributed by atoms with E-state index < -0.39 is 0 Å². The van der Waals surface area contributed by atoms with Gasteiger partial charge in [0.25, 0.3) is 0 Å². The van der Waals surface area contributed by atoms with Crippen LogP contribution in [0.4, 0.5) is 5.95 Å². The SMILES string of the molecule is CCOC(=O)CCn1cnc2c(-c3cccc(C)c3)nc(N3CCOCC3)nc21. The number of rotatable bonds is 6. The minimum absolute atomic E-state index is 0.226. The number of nitrogens with zero attached hydrogens (tertiary/aromatic N) is 5. The van der Waals surface area contributed by atoms with Crippen molar-refractivity contribution in [3.63, 3.8) is 0 Å². The lowest BCUT2D eigenvalue weighted by Gasteiger charge is -2.27. The van der Waals surface area contributed by atoms with E-state index >= 15 is 0 Å². The summed E-state index contributed by atoms with van der Waals surface area (Å²) < 4.78 is 12.4. The number of imidazole rings is 1. The number of hydrogen-bond acceptors (Lipinski definition) is 7. The second-order valence-electron chi connectivity index (χ2n) is 7.01. The Labute approximate surface area is 169 Å². The molecular weight excluding hydrogens is 370 g/mol. The molecule has 0 amide bonds. The maximum atomic E-state index is 11.8. The van der Waals surface area contributed by atoms with Crippen molar-refractivity contribution in [1.82, 2.24) is 19.5 Å². The van der Waals surface area contributed by atoms with Crippen molar-refractivity contribution in [2.75, 3.05) is 37.8 Å². The summed E-state index contributed by atoms with van der Waals surface area (Å²) in [6.45, 7) is 7.51. The van der Waals surface area contributed by atoms with Gasteiger partial charge in [-0.2, -0.15) is 4.98 Å². The molecule has 0 atom stereocenters. The van der Waals surface area contributed by atoms with E-state index in [4.69, 9.17) is 19.4 Å². The van der Waals surface area contributed by atoms with Crippen LogP contribution in [0.2, 0.25) is 0 Å². The van der Waals surface area contributed by atoms with Crippen molar-refractivity contribution >= 4 is 23.1 Å². The number of anilines is 1. The fourth-order valence-electron chi connectivity index (χ4n) is 3.44. The number of carbonyl (C=O) groups is 1. The third-order valence-corrected chi connectivity index (χ3v) is 4.90. The molecule has 1 aromatic carbocycles. The number of aryl methyl sites for hydroxylation is 2. The van der Waals surface area contributed by atoms with E-state index in [9.17, 15) is 4.79 Å². The fraction of sp³-hybridized carbons (Fsp3) is 0.429. The van der Waals surface area contributed by atoms with E-state index in [1.165, 1.54) is 0 Å². The molecule has 4 rings (SSSR count). The zero-order valence-corrected chi connectivity index (χ0v) is 16.8. The van der Waals surface area contributed by atoms with E-state index in [0.29, 0.717) is 32.3 Å². The molecule has 1 saturated heterocycles. The van der Waals surface area contributed by atoms with Crippen molar-refractivity contribution in [3.8, 4) is 11.3 Å². The topological polar surface area (TPSA) is 82.4 Å². The molecule has 0 unspecified atom stereocenters. The van der Waals surface area contributed by atoms with Crippen LogP contribution in [0, 0.1) is 6.92 Å². The lowest BCUT2D eigenvalue weighted by atomic mass is 10.1. The number of morpholine rings is 1. The first-order valence-electron chi connectivity index (χ1n) is 9.94. The van der Waals surface area contributed by atoms with Gasteiger partial charge < -0.3 is 18.9 Å². The summed E-state index contributed by atoms with van der Waals surface area (Å²) in [5.41, 5.74) is 4.42. The van der Waals surface area contributed by atoms with Gasteiger partial charge in [0.2, 0.25) is 5.95 Å². The van der Waals surface area contributed by atoms with Crippen LogP contribution in [0.1, 0.15) is 18.9 Å². The Morgan fingerprint density at radius 2 is 2.07 bits per heavy atom. The van der Waals surface area contributed by atoms with Crippen LogP contribution in [0.5, 0.6) is 0 Å². The molecule has 1 aliphatic rings. The lowest BCUT2D eigenvalue weighted by Crippen LogP contribution is -2.37. The smallest absolute Gasteiger partial charge is 0.307 e. The molecule has 1 fully saturated rings. The maximum absolute atomic E-state index is 11.8. The van der Waals surface area contributed by atoms with E-state index in [2.05, 4.69) is 28.9 Å². The fourth-order valence-corrected chi connectivity index (χ4v) is 3.44. The van der Waals surface area contributed by atoms with Gasteiger partial charge in [0, 0.05) is 25.2 Å². The highest BCUT2D eigenvalue weighted by Crippen LogP contribution is 2.28. The van der Waals surface area contributed by atoms with Crippen molar-refractivity contribution in [1.29, 1.82) is 0 Å². The molecule has 152 valence electrons. The molecule has 2 aromatic heterocycles. The zero-order chi connectivity index (χ0) is 20.2. The summed E-state index contributed by atoms with van der Waals surface area (Å²) in [6.07, 6.45) is 2.00. The Bertz CT molecular complexity index is 1010. The summed E-state index contributed by atoms with van der Waals surface area (Å²) in [7, 11) is 0. The van der Waals surface area contributed by atoms with Gasteiger partial charge in [-0.3, -0.25) is 4.79 Å². The molecule has 1 aliphatic heterocycles. The third-order valence-electron chi connectivity index (χ3n) is 4.90. The molecule has 3 heterocycles. The molecule has 0 aliphatic carbocycles. The summed E-state index contributed by atoms with van der Waals surface area (Å²) in [5.74, 6) is 0.436. The molecule has 8 nitrogen and oxygen atoms in total. The van der Waals surface area contributed by atoms with Gasteiger partial charge >= 0.3 is 5.97 Å². The van der Waals surface area contributed by atoms with Crippen molar-refractivity contribution < 1.29 is 14.3 Å². The Morgan fingerprint density at radius 3 is 2.83 bits per heavy atom. The van der Waals surface area contributed by atoms with Crippen LogP contribution in [0.25, 0.3) is 22.4 Å². The van der Waals surface area contributed by atoms with Gasteiger partial charge in [0.15, 0.2) is 5.65 Å².